The highest BCUT2D eigenvalue weighted by Gasteiger charge is 2.42. The van der Waals surface area contributed by atoms with Crippen LogP contribution in [0.15, 0.2) is 30.3 Å². The molecule has 1 unspecified atom stereocenters. The number of likely N-dealkylation sites (tertiary alicyclic amines) is 1. The molecule has 3 amide bonds. The smallest absolute Gasteiger partial charge is 0.407 e. The van der Waals surface area contributed by atoms with Crippen LogP contribution in [0.5, 0.6) is 0 Å². The second-order valence-corrected chi connectivity index (χ2v) is 9.32. The van der Waals surface area contributed by atoms with Gasteiger partial charge in [0.15, 0.2) is 0 Å². The highest BCUT2D eigenvalue weighted by atomic mass is 16.6. The predicted molar refractivity (Wildman–Crippen MR) is 118 cm³/mol. The molecule has 3 fully saturated rings. The van der Waals surface area contributed by atoms with E-state index in [-0.39, 0.29) is 17.9 Å². The van der Waals surface area contributed by atoms with E-state index in [0.29, 0.717) is 64.4 Å². The molecule has 2 heterocycles. The van der Waals surface area contributed by atoms with Crippen LogP contribution in [0, 0.1) is 17.8 Å². The first-order valence-corrected chi connectivity index (χ1v) is 11.8. The van der Waals surface area contributed by atoms with Gasteiger partial charge in [0, 0.05) is 37.9 Å². The van der Waals surface area contributed by atoms with Crippen LogP contribution >= 0.6 is 0 Å². The molecule has 180 valence electrons. The fourth-order valence-electron chi connectivity index (χ4n) is 5.33. The summed E-state index contributed by atoms with van der Waals surface area (Å²) in [4.78, 5) is 39.7. The summed E-state index contributed by atoms with van der Waals surface area (Å²) in [5.41, 5.74) is 2.97. The van der Waals surface area contributed by atoms with E-state index in [1.165, 1.54) is 5.56 Å². The Bertz CT molecular complexity index is 829. The molecule has 0 radical (unpaired) electrons. The van der Waals surface area contributed by atoms with Gasteiger partial charge in [0.2, 0.25) is 11.8 Å². The number of hydrogen-bond donors (Lipinski definition) is 3. The molecule has 0 spiro atoms. The number of carbonyl (C=O) groups excluding carboxylic acids is 3. The first-order valence-electron chi connectivity index (χ1n) is 11.8. The fourth-order valence-corrected chi connectivity index (χ4v) is 5.33. The summed E-state index contributed by atoms with van der Waals surface area (Å²) >= 11 is 0. The third-order valence-electron chi connectivity index (χ3n) is 7.19. The molecule has 2 saturated heterocycles. The molecule has 0 bridgehead atoms. The SMILES string of the molecule is O=C(NCC1CC[C@H](C(=O)N2CC[C@H](c3ccccc3)C2)[C@@H](C(=O)NO)C1)O[C@H]1CCOC1. The number of hydroxylamine groups is 1. The lowest BCUT2D eigenvalue weighted by Crippen LogP contribution is -2.47. The van der Waals surface area contributed by atoms with Crippen molar-refractivity contribution in [1.82, 2.24) is 15.7 Å². The molecular weight excluding hydrogens is 426 g/mol. The number of carbonyl (C=O) groups is 3. The quantitative estimate of drug-likeness (QED) is 0.443. The van der Waals surface area contributed by atoms with Crippen molar-refractivity contribution in [3.63, 3.8) is 0 Å². The van der Waals surface area contributed by atoms with Crippen LogP contribution in [0.1, 0.15) is 43.6 Å². The van der Waals surface area contributed by atoms with Crippen LogP contribution in [0.3, 0.4) is 0 Å². The van der Waals surface area contributed by atoms with Crippen molar-refractivity contribution >= 4 is 17.9 Å². The van der Waals surface area contributed by atoms with E-state index in [0.717, 1.165) is 6.42 Å². The van der Waals surface area contributed by atoms with E-state index < -0.39 is 23.8 Å². The van der Waals surface area contributed by atoms with Crippen molar-refractivity contribution in [2.75, 3.05) is 32.8 Å². The molecular formula is C24H33N3O6. The van der Waals surface area contributed by atoms with Crippen molar-refractivity contribution in [2.45, 2.75) is 44.1 Å². The molecule has 5 atom stereocenters. The summed E-state index contributed by atoms with van der Waals surface area (Å²) in [5, 5.41) is 12.1. The van der Waals surface area contributed by atoms with E-state index in [9.17, 15) is 19.6 Å². The van der Waals surface area contributed by atoms with Gasteiger partial charge in [0.25, 0.3) is 0 Å². The molecule has 2 aliphatic heterocycles. The van der Waals surface area contributed by atoms with Gasteiger partial charge in [-0.2, -0.15) is 0 Å². The standard InChI is InChI=1S/C24H33N3O6/c28-22(26-31)21-12-16(13-25-24(30)33-19-9-11-32-15-19)6-7-20(21)23(29)27-10-8-18(14-27)17-4-2-1-3-5-17/h1-5,16,18-21,31H,6-15H2,(H,25,30)(H,26,28)/t16?,18-,19-,20-,21-/m0/s1. The van der Waals surface area contributed by atoms with Crippen molar-refractivity contribution in [1.29, 1.82) is 0 Å². The number of nitrogens with zero attached hydrogens (tertiary/aromatic N) is 1. The van der Waals surface area contributed by atoms with Gasteiger partial charge in [-0.15, -0.1) is 0 Å². The van der Waals surface area contributed by atoms with Gasteiger partial charge < -0.3 is 19.7 Å². The van der Waals surface area contributed by atoms with E-state index in [2.05, 4.69) is 17.4 Å². The maximum absolute atomic E-state index is 13.3. The van der Waals surface area contributed by atoms with E-state index in [1.807, 2.05) is 23.1 Å². The number of hydrogen-bond acceptors (Lipinski definition) is 6. The third kappa shape index (κ3) is 5.83. The largest absolute Gasteiger partial charge is 0.444 e. The number of nitrogens with one attached hydrogen (secondary N) is 2. The Morgan fingerprint density at radius 3 is 2.64 bits per heavy atom. The minimum Gasteiger partial charge on any atom is -0.444 e. The summed E-state index contributed by atoms with van der Waals surface area (Å²) in [6.45, 7) is 2.69. The van der Waals surface area contributed by atoms with E-state index in [1.54, 1.807) is 5.48 Å². The highest BCUT2D eigenvalue weighted by Crippen LogP contribution is 2.37. The monoisotopic (exact) mass is 459 g/mol. The molecule has 3 aliphatic rings. The Morgan fingerprint density at radius 2 is 1.91 bits per heavy atom. The molecule has 9 heteroatoms. The van der Waals surface area contributed by atoms with Gasteiger partial charge >= 0.3 is 6.09 Å². The van der Waals surface area contributed by atoms with Gasteiger partial charge in [-0.3, -0.25) is 14.8 Å². The second kappa shape index (κ2) is 11.0. The molecule has 1 aliphatic carbocycles. The van der Waals surface area contributed by atoms with E-state index >= 15 is 0 Å². The lowest BCUT2D eigenvalue weighted by Gasteiger charge is -2.36. The number of rotatable bonds is 6. The average molecular weight is 460 g/mol. The molecule has 1 saturated carbocycles. The molecule has 33 heavy (non-hydrogen) atoms. The molecule has 9 nitrogen and oxygen atoms in total. The maximum Gasteiger partial charge on any atom is 0.407 e. The number of amides is 3. The highest BCUT2D eigenvalue weighted by molar-refractivity contribution is 5.87. The van der Waals surface area contributed by atoms with Crippen LogP contribution in [-0.4, -0.2) is 67.0 Å². The molecule has 1 aromatic carbocycles. The van der Waals surface area contributed by atoms with Crippen LogP contribution in [0.25, 0.3) is 0 Å². The summed E-state index contributed by atoms with van der Waals surface area (Å²) in [7, 11) is 0. The van der Waals surface area contributed by atoms with Gasteiger partial charge in [0.1, 0.15) is 6.10 Å². The van der Waals surface area contributed by atoms with Crippen LogP contribution in [-0.2, 0) is 19.1 Å². The fraction of sp³-hybridized carbons (Fsp3) is 0.625. The van der Waals surface area contributed by atoms with Gasteiger partial charge in [-0.1, -0.05) is 30.3 Å². The number of ether oxygens (including phenoxy) is 2. The van der Waals surface area contributed by atoms with Crippen molar-refractivity contribution in [3.8, 4) is 0 Å². The zero-order chi connectivity index (χ0) is 23.2. The van der Waals surface area contributed by atoms with Crippen LogP contribution < -0.4 is 10.8 Å². The first kappa shape index (κ1) is 23.5. The van der Waals surface area contributed by atoms with Crippen molar-refractivity contribution in [2.24, 2.45) is 17.8 Å². The lowest BCUT2D eigenvalue weighted by atomic mass is 9.73. The first-order chi connectivity index (χ1) is 16.0. The van der Waals surface area contributed by atoms with Crippen LogP contribution in [0.4, 0.5) is 4.79 Å². The Balaban J connectivity index is 1.31. The number of alkyl carbamates (subject to hydrolysis) is 1. The molecule has 0 aromatic heterocycles. The molecule has 1 aromatic rings. The van der Waals surface area contributed by atoms with Crippen molar-refractivity contribution in [3.05, 3.63) is 35.9 Å². The van der Waals surface area contributed by atoms with Crippen LogP contribution in [0.2, 0.25) is 0 Å². The minimum atomic E-state index is -0.627. The summed E-state index contributed by atoms with van der Waals surface area (Å²) in [5.74, 6) is -1.32. The Kier molecular flexibility index (Phi) is 7.82. The Hall–Kier alpha value is -2.65. The summed E-state index contributed by atoms with van der Waals surface area (Å²) in [6, 6.07) is 10.2. The van der Waals surface area contributed by atoms with E-state index in [4.69, 9.17) is 9.47 Å². The van der Waals surface area contributed by atoms with Gasteiger partial charge in [-0.05, 0) is 37.2 Å². The summed E-state index contributed by atoms with van der Waals surface area (Å²) in [6.07, 6.45) is 2.57. The zero-order valence-electron chi connectivity index (χ0n) is 18.8. The lowest BCUT2D eigenvalue weighted by molar-refractivity contribution is -0.147. The maximum atomic E-state index is 13.3. The molecule has 3 N–H and O–H groups in total. The number of benzene rings is 1. The normalized spacial score (nSPS) is 29.5. The third-order valence-corrected chi connectivity index (χ3v) is 7.19. The van der Waals surface area contributed by atoms with Crippen molar-refractivity contribution < 1.29 is 29.1 Å². The molecule has 4 rings (SSSR count). The Morgan fingerprint density at radius 1 is 1.09 bits per heavy atom. The van der Waals surface area contributed by atoms with Gasteiger partial charge in [-0.25, -0.2) is 10.3 Å². The predicted octanol–water partition coefficient (Wildman–Crippen LogP) is 2.06. The van der Waals surface area contributed by atoms with Gasteiger partial charge in [0.05, 0.1) is 19.1 Å². The average Bonchev–Trinajstić information content (AvgIpc) is 3.55. The second-order valence-electron chi connectivity index (χ2n) is 9.32. The Labute approximate surface area is 193 Å². The zero-order valence-corrected chi connectivity index (χ0v) is 18.8. The topological polar surface area (TPSA) is 117 Å². The summed E-state index contributed by atoms with van der Waals surface area (Å²) < 4.78 is 10.5. The minimum absolute atomic E-state index is 0.0194.